The normalized spacial score (nSPS) is 13.5. The van der Waals surface area contributed by atoms with E-state index < -0.39 is 0 Å². The van der Waals surface area contributed by atoms with Crippen LogP contribution in [0.4, 0.5) is 5.82 Å². The third kappa shape index (κ3) is 3.99. The number of rotatable bonds is 7. The van der Waals surface area contributed by atoms with Gasteiger partial charge in [-0.1, -0.05) is 24.3 Å². The second-order valence-corrected chi connectivity index (χ2v) is 7.99. The van der Waals surface area contributed by atoms with E-state index in [2.05, 4.69) is 75.0 Å². The molecule has 4 aromatic rings. The summed E-state index contributed by atoms with van der Waals surface area (Å²) in [7, 11) is 0. The topological polar surface area (TPSA) is 64.3 Å². The van der Waals surface area contributed by atoms with E-state index in [0.29, 0.717) is 19.0 Å². The number of fused-ring (bicyclic) bond motifs is 1. The first-order chi connectivity index (χ1) is 14.7. The lowest BCUT2D eigenvalue weighted by molar-refractivity contribution is 0.289. The van der Waals surface area contributed by atoms with E-state index in [4.69, 9.17) is 4.74 Å². The predicted molar refractivity (Wildman–Crippen MR) is 117 cm³/mol. The van der Waals surface area contributed by atoms with Crippen LogP contribution >= 0.6 is 0 Å². The molecule has 0 amide bonds. The van der Waals surface area contributed by atoms with Crippen LogP contribution in [0.25, 0.3) is 5.65 Å². The van der Waals surface area contributed by atoms with E-state index in [-0.39, 0.29) is 0 Å². The highest BCUT2D eigenvalue weighted by atomic mass is 16.5. The average molecular weight is 399 g/mol. The minimum atomic E-state index is 0.369. The Hall–Kier alpha value is -3.41. The molecule has 1 fully saturated rings. The van der Waals surface area contributed by atoms with Crippen molar-refractivity contribution in [3.8, 4) is 5.88 Å². The van der Waals surface area contributed by atoms with Gasteiger partial charge in [0.2, 0.25) is 5.88 Å². The van der Waals surface area contributed by atoms with Crippen molar-refractivity contribution in [3.05, 3.63) is 83.1 Å². The number of nitrogens with zero attached hydrogens (tertiary/aromatic N) is 4. The molecule has 0 aliphatic heterocycles. The summed E-state index contributed by atoms with van der Waals surface area (Å²) < 4.78 is 7.97. The highest BCUT2D eigenvalue weighted by molar-refractivity contribution is 5.43. The van der Waals surface area contributed by atoms with E-state index in [1.54, 1.807) is 0 Å². The molecule has 1 saturated carbocycles. The molecule has 1 aliphatic carbocycles. The van der Waals surface area contributed by atoms with Gasteiger partial charge in [-0.3, -0.25) is 0 Å². The van der Waals surface area contributed by atoms with E-state index >= 15 is 0 Å². The molecule has 0 bridgehead atoms. The number of aromatic nitrogens is 4. The number of hydrogen-bond donors (Lipinski definition) is 1. The zero-order valence-electron chi connectivity index (χ0n) is 17.3. The molecular weight excluding hydrogens is 374 g/mol. The number of hydrogen-bond acceptors (Lipinski definition) is 5. The maximum atomic E-state index is 5.88. The minimum absolute atomic E-state index is 0.369. The second kappa shape index (κ2) is 7.78. The standard InChI is InChI=1S/C24H25N5O/c1-16-4-3-5-17(2)21(16)11-25-22-10-24(27-15-26-22)30-14-20-13-29-12-19(18-6-7-18)8-9-23(29)28-20/h3-5,8-10,12-13,15,18H,6-7,11,14H2,1-2H3,(H,25,26,27). The monoisotopic (exact) mass is 399 g/mol. The van der Waals surface area contributed by atoms with Crippen LogP contribution in [0.5, 0.6) is 5.88 Å². The molecular formula is C24H25N5O. The maximum Gasteiger partial charge on any atom is 0.218 e. The lowest BCUT2D eigenvalue weighted by Gasteiger charge is -2.12. The molecule has 30 heavy (non-hydrogen) atoms. The zero-order valence-corrected chi connectivity index (χ0v) is 17.3. The molecule has 0 atom stereocenters. The van der Waals surface area contributed by atoms with Gasteiger partial charge in [-0.25, -0.2) is 15.0 Å². The maximum absolute atomic E-state index is 5.88. The number of ether oxygens (including phenoxy) is 1. The first-order valence-electron chi connectivity index (χ1n) is 10.4. The second-order valence-electron chi connectivity index (χ2n) is 7.99. The van der Waals surface area contributed by atoms with Crippen LogP contribution in [0, 0.1) is 13.8 Å². The van der Waals surface area contributed by atoms with Gasteiger partial charge >= 0.3 is 0 Å². The van der Waals surface area contributed by atoms with Crippen LogP contribution in [0.2, 0.25) is 0 Å². The summed E-state index contributed by atoms with van der Waals surface area (Å²) in [6.45, 7) is 5.33. The number of nitrogens with one attached hydrogen (secondary N) is 1. The van der Waals surface area contributed by atoms with Crippen LogP contribution in [0.3, 0.4) is 0 Å². The summed E-state index contributed by atoms with van der Waals surface area (Å²) >= 11 is 0. The molecule has 0 radical (unpaired) electrons. The fraction of sp³-hybridized carbons (Fsp3) is 0.292. The third-order valence-corrected chi connectivity index (χ3v) is 5.67. The Kier molecular flexibility index (Phi) is 4.83. The van der Waals surface area contributed by atoms with Crippen LogP contribution in [-0.4, -0.2) is 19.4 Å². The van der Waals surface area contributed by atoms with Crippen molar-refractivity contribution < 1.29 is 4.74 Å². The molecule has 3 heterocycles. The number of anilines is 1. The Labute approximate surface area is 176 Å². The van der Waals surface area contributed by atoms with Gasteiger partial charge < -0.3 is 14.5 Å². The highest BCUT2D eigenvalue weighted by Crippen LogP contribution is 2.39. The zero-order chi connectivity index (χ0) is 20.5. The Morgan fingerprint density at radius 1 is 1.07 bits per heavy atom. The Bertz CT molecular complexity index is 1180. The van der Waals surface area contributed by atoms with Crippen molar-refractivity contribution in [2.75, 3.05) is 5.32 Å². The Balaban J connectivity index is 1.24. The summed E-state index contributed by atoms with van der Waals surface area (Å²) in [5.41, 5.74) is 7.04. The molecule has 0 spiro atoms. The van der Waals surface area contributed by atoms with E-state index in [1.165, 1.54) is 41.4 Å². The van der Waals surface area contributed by atoms with Crippen molar-refractivity contribution in [1.29, 1.82) is 0 Å². The van der Waals surface area contributed by atoms with Crippen molar-refractivity contribution in [2.45, 2.75) is 45.8 Å². The number of benzene rings is 1. The molecule has 152 valence electrons. The molecule has 3 aromatic heterocycles. The largest absolute Gasteiger partial charge is 0.471 e. The Morgan fingerprint density at radius 3 is 2.70 bits per heavy atom. The van der Waals surface area contributed by atoms with Crippen LogP contribution in [0.1, 0.15) is 46.7 Å². The van der Waals surface area contributed by atoms with Crippen LogP contribution < -0.4 is 10.1 Å². The molecule has 1 aliphatic rings. The number of aryl methyl sites for hydroxylation is 2. The van der Waals surface area contributed by atoms with Crippen molar-refractivity contribution in [1.82, 2.24) is 19.4 Å². The van der Waals surface area contributed by atoms with Gasteiger partial charge in [0.25, 0.3) is 0 Å². The van der Waals surface area contributed by atoms with Crippen LogP contribution in [0.15, 0.2) is 55.1 Å². The van der Waals surface area contributed by atoms with Gasteiger partial charge in [0.15, 0.2) is 0 Å². The average Bonchev–Trinajstić information content (AvgIpc) is 3.51. The molecule has 0 unspecified atom stereocenters. The molecule has 1 N–H and O–H groups in total. The summed E-state index contributed by atoms with van der Waals surface area (Å²) in [5, 5.41) is 3.37. The number of imidazole rings is 1. The number of pyridine rings is 1. The van der Waals surface area contributed by atoms with E-state index in [1.807, 2.05) is 12.3 Å². The molecule has 6 nitrogen and oxygen atoms in total. The predicted octanol–water partition coefficient (Wildman–Crippen LogP) is 4.81. The lowest BCUT2D eigenvalue weighted by atomic mass is 10.0. The van der Waals surface area contributed by atoms with Gasteiger partial charge in [0.1, 0.15) is 24.4 Å². The van der Waals surface area contributed by atoms with Crippen molar-refractivity contribution >= 4 is 11.5 Å². The third-order valence-electron chi connectivity index (χ3n) is 5.67. The molecule has 5 rings (SSSR count). The van der Waals surface area contributed by atoms with Gasteiger partial charge in [-0.15, -0.1) is 0 Å². The summed E-state index contributed by atoms with van der Waals surface area (Å²) in [6.07, 6.45) is 8.33. The summed E-state index contributed by atoms with van der Waals surface area (Å²) in [6, 6.07) is 12.4. The minimum Gasteiger partial charge on any atom is -0.471 e. The van der Waals surface area contributed by atoms with Crippen molar-refractivity contribution in [2.24, 2.45) is 0 Å². The molecule has 1 aromatic carbocycles. The van der Waals surface area contributed by atoms with Gasteiger partial charge in [-0.05, 0) is 60.9 Å². The quantitative estimate of drug-likeness (QED) is 0.483. The van der Waals surface area contributed by atoms with Gasteiger partial charge in [0.05, 0.1) is 5.69 Å². The summed E-state index contributed by atoms with van der Waals surface area (Å²) in [4.78, 5) is 13.2. The highest BCUT2D eigenvalue weighted by Gasteiger charge is 2.23. The molecule has 6 heteroatoms. The summed E-state index contributed by atoms with van der Waals surface area (Å²) in [5.74, 6) is 2.00. The smallest absolute Gasteiger partial charge is 0.218 e. The van der Waals surface area contributed by atoms with Crippen LogP contribution in [-0.2, 0) is 13.2 Å². The molecule has 0 saturated heterocycles. The van der Waals surface area contributed by atoms with Gasteiger partial charge in [0, 0.05) is 25.0 Å². The Morgan fingerprint density at radius 2 is 1.90 bits per heavy atom. The first-order valence-corrected chi connectivity index (χ1v) is 10.4. The van der Waals surface area contributed by atoms with Crippen molar-refractivity contribution in [3.63, 3.8) is 0 Å². The fourth-order valence-corrected chi connectivity index (χ4v) is 3.76. The van der Waals surface area contributed by atoms with E-state index in [0.717, 1.165) is 23.1 Å². The first kappa shape index (κ1) is 18.6. The fourth-order valence-electron chi connectivity index (χ4n) is 3.76. The van der Waals surface area contributed by atoms with Gasteiger partial charge in [-0.2, -0.15) is 0 Å². The SMILES string of the molecule is Cc1cccc(C)c1CNc1cc(OCc2cn3cc(C4CC4)ccc3n2)ncn1. The van der Waals surface area contributed by atoms with E-state index in [9.17, 15) is 0 Å². The lowest BCUT2D eigenvalue weighted by Crippen LogP contribution is -2.06.